The van der Waals surface area contributed by atoms with Gasteiger partial charge in [0.05, 0.1) is 16.7 Å². The van der Waals surface area contributed by atoms with Gasteiger partial charge in [-0.3, -0.25) is 0 Å². The summed E-state index contributed by atoms with van der Waals surface area (Å²) in [5.74, 6) is 0. The van der Waals surface area contributed by atoms with Gasteiger partial charge in [-0.25, -0.2) is 0 Å². The molecule has 0 saturated carbocycles. The van der Waals surface area contributed by atoms with Gasteiger partial charge in [0.2, 0.25) is 0 Å². The molecule has 2 heteroatoms. The molecule has 0 aliphatic rings. The Morgan fingerprint density at radius 1 is 0.269 bits per heavy atom. The molecule has 0 aliphatic carbocycles. The van der Waals surface area contributed by atoms with Crippen molar-refractivity contribution in [1.29, 1.82) is 0 Å². The number of rotatable bonds is 6. The van der Waals surface area contributed by atoms with Crippen LogP contribution in [0.5, 0.6) is 0 Å². The second-order valence-corrected chi connectivity index (χ2v) is 17.4. The van der Waals surface area contributed by atoms with E-state index >= 15 is 0 Å². The van der Waals surface area contributed by atoms with Crippen LogP contribution in [0.25, 0.3) is 60.2 Å². The molecule has 0 amide bonds. The van der Waals surface area contributed by atoms with E-state index in [0.717, 1.165) is 0 Å². The van der Waals surface area contributed by atoms with Crippen LogP contribution in [0.3, 0.4) is 0 Å². The summed E-state index contributed by atoms with van der Waals surface area (Å²) in [6.45, 7) is 0. The van der Waals surface area contributed by atoms with Crippen LogP contribution in [0.4, 0.5) is 0 Å². The molecule has 1 nitrogen and oxygen atoms in total. The maximum absolute atomic E-state index is 2.74. The van der Waals surface area contributed by atoms with Crippen molar-refractivity contribution in [1.82, 2.24) is 4.57 Å². The van der Waals surface area contributed by atoms with Gasteiger partial charge in [0.15, 0.2) is 8.07 Å². The van der Waals surface area contributed by atoms with E-state index < -0.39 is 8.07 Å². The van der Waals surface area contributed by atoms with Gasteiger partial charge in [-0.15, -0.1) is 0 Å². The first-order valence-corrected chi connectivity index (χ1v) is 20.0. The Kier molecular flexibility index (Phi) is 7.23. The van der Waals surface area contributed by atoms with Crippen LogP contribution in [-0.2, 0) is 0 Å². The zero-order valence-corrected chi connectivity index (χ0v) is 29.7. The van der Waals surface area contributed by atoms with E-state index in [2.05, 4.69) is 217 Å². The Morgan fingerprint density at radius 2 is 0.635 bits per heavy atom. The van der Waals surface area contributed by atoms with Crippen LogP contribution in [0.2, 0.25) is 0 Å². The quantitative estimate of drug-likeness (QED) is 0.122. The van der Waals surface area contributed by atoms with Gasteiger partial charge in [0.1, 0.15) is 0 Å². The smallest absolute Gasteiger partial charge is 0.180 e. The van der Waals surface area contributed by atoms with Crippen molar-refractivity contribution >= 4 is 72.2 Å². The highest BCUT2D eigenvalue weighted by Gasteiger charge is 2.42. The molecule has 0 saturated heterocycles. The Labute approximate surface area is 304 Å². The predicted octanol–water partition coefficient (Wildman–Crippen LogP) is 10.1. The molecule has 0 radical (unpaired) electrons. The second kappa shape index (κ2) is 12.4. The van der Waals surface area contributed by atoms with Crippen LogP contribution in [0.15, 0.2) is 212 Å². The lowest BCUT2D eigenvalue weighted by Gasteiger charge is -2.35. The molecular formula is C50H35NSi. The van der Waals surface area contributed by atoms with Gasteiger partial charge in [0, 0.05) is 16.2 Å². The lowest BCUT2D eigenvalue weighted by atomic mass is 9.93. The van der Waals surface area contributed by atoms with E-state index in [1.165, 1.54) is 80.9 Å². The number of para-hydroxylation sites is 2. The summed E-state index contributed by atoms with van der Waals surface area (Å²) in [4.78, 5) is 0. The number of aromatic nitrogens is 1. The fourth-order valence-electron chi connectivity index (χ4n) is 8.79. The standard InChI is InChI=1S/C50H35NSi/c1-4-18-36(19-5-1)52(37-20-6-2-7-21-37,38-22-8-3-9-23-38)50-35-33-42(40-25-11-13-29-46(40)50)41-32-34-49(43-26-12-10-24-39(41)43)51-47-30-16-14-27-44(47)45-28-15-17-31-48(45)51/h1-35H. The minimum Gasteiger partial charge on any atom is -0.309 e. The molecule has 1 aromatic heterocycles. The maximum atomic E-state index is 2.45. The zero-order chi connectivity index (χ0) is 34.5. The highest BCUT2D eigenvalue weighted by molar-refractivity contribution is 7.20. The molecule has 0 atom stereocenters. The van der Waals surface area contributed by atoms with Gasteiger partial charge in [-0.1, -0.05) is 194 Å². The number of nitrogens with zero attached hydrogens (tertiary/aromatic N) is 1. The van der Waals surface area contributed by atoms with Crippen LogP contribution in [0.1, 0.15) is 0 Å². The van der Waals surface area contributed by atoms with Crippen molar-refractivity contribution in [2.75, 3.05) is 0 Å². The highest BCUT2D eigenvalue weighted by Crippen LogP contribution is 2.39. The molecule has 52 heavy (non-hydrogen) atoms. The summed E-state index contributed by atoms with van der Waals surface area (Å²) >= 11 is 0. The molecule has 1 heterocycles. The van der Waals surface area contributed by atoms with Crippen molar-refractivity contribution in [3.05, 3.63) is 212 Å². The average Bonchev–Trinajstić information content (AvgIpc) is 3.56. The number of hydrogen-bond donors (Lipinski definition) is 0. The summed E-state index contributed by atoms with van der Waals surface area (Å²) in [5, 5.41) is 13.2. The summed E-state index contributed by atoms with van der Waals surface area (Å²) in [6.07, 6.45) is 0. The molecule has 0 aliphatic heterocycles. The second-order valence-electron chi connectivity index (χ2n) is 13.6. The molecule has 0 bridgehead atoms. The first-order chi connectivity index (χ1) is 25.8. The lowest BCUT2D eigenvalue weighted by molar-refractivity contribution is 1.20. The van der Waals surface area contributed by atoms with Crippen molar-refractivity contribution in [3.63, 3.8) is 0 Å². The molecule has 10 rings (SSSR count). The number of hydrogen-bond acceptors (Lipinski definition) is 0. The Morgan fingerprint density at radius 3 is 1.13 bits per heavy atom. The third-order valence-electron chi connectivity index (χ3n) is 11.0. The number of benzene rings is 9. The van der Waals surface area contributed by atoms with E-state index in [4.69, 9.17) is 0 Å². The van der Waals surface area contributed by atoms with Gasteiger partial charge < -0.3 is 4.57 Å². The normalized spacial score (nSPS) is 11.8. The molecular weight excluding hydrogens is 643 g/mol. The highest BCUT2D eigenvalue weighted by atomic mass is 28.3. The van der Waals surface area contributed by atoms with E-state index in [1.54, 1.807) is 0 Å². The van der Waals surface area contributed by atoms with Gasteiger partial charge >= 0.3 is 0 Å². The fourth-order valence-corrected chi connectivity index (χ4v) is 13.8. The van der Waals surface area contributed by atoms with E-state index in [0.29, 0.717) is 0 Å². The largest absolute Gasteiger partial charge is 0.309 e. The van der Waals surface area contributed by atoms with E-state index in [9.17, 15) is 0 Å². The molecule has 0 N–H and O–H groups in total. The van der Waals surface area contributed by atoms with E-state index in [1.807, 2.05) is 0 Å². The summed E-state index contributed by atoms with van der Waals surface area (Å²) in [6, 6.07) is 78.7. The minimum atomic E-state index is -2.74. The predicted molar refractivity (Wildman–Crippen MR) is 225 cm³/mol. The van der Waals surface area contributed by atoms with Crippen LogP contribution in [0, 0.1) is 0 Å². The summed E-state index contributed by atoms with van der Waals surface area (Å²) < 4.78 is 2.44. The van der Waals surface area contributed by atoms with Gasteiger partial charge in [-0.05, 0) is 66.2 Å². The topological polar surface area (TPSA) is 4.93 Å². The van der Waals surface area contributed by atoms with E-state index in [-0.39, 0.29) is 0 Å². The molecule has 10 aromatic rings. The fraction of sp³-hybridized carbons (Fsp3) is 0. The number of fused-ring (bicyclic) bond motifs is 5. The van der Waals surface area contributed by atoms with Crippen LogP contribution in [-0.4, -0.2) is 12.6 Å². The molecule has 9 aromatic carbocycles. The van der Waals surface area contributed by atoms with Crippen molar-refractivity contribution in [3.8, 4) is 16.8 Å². The Hall–Kier alpha value is -6.48. The van der Waals surface area contributed by atoms with Crippen molar-refractivity contribution in [2.24, 2.45) is 0 Å². The first-order valence-electron chi connectivity index (χ1n) is 18.0. The summed E-state index contributed by atoms with van der Waals surface area (Å²) in [5.41, 5.74) is 6.14. The molecule has 0 fully saturated rings. The maximum Gasteiger partial charge on any atom is 0.180 e. The summed E-state index contributed by atoms with van der Waals surface area (Å²) in [7, 11) is -2.74. The average molecular weight is 678 g/mol. The van der Waals surface area contributed by atoms with Crippen LogP contribution < -0.4 is 20.7 Å². The Bertz CT molecular complexity index is 2740. The van der Waals surface area contributed by atoms with Crippen molar-refractivity contribution < 1.29 is 0 Å². The monoisotopic (exact) mass is 677 g/mol. The molecule has 244 valence electrons. The zero-order valence-electron chi connectivity index (χ0n) is 28.7. The third kappa shape index (κ3) is 4.55. The minimum absolute atomic E-state index is 1.20. The lowest BCUT2D eigenvalue weighted by Crippen LogP contribution is -2.74. The SMILES string of the molecule is c1ccc([Si](c2ccccc2)(c2ccccc2)c2ccc(-c3ccc(-n4c5ccccc5c5ccccc54)c4ccccc34)c3ccccc23)cc1. The van der Waals surface area contributed by atoms with Gasteiger partial charge in [-0.2, -0.15) is 0 Å². The molecule has 0 spiro atoms. The van der Waals surface area contributed by atoms with Gasteiger partial charge in [0.25, 0.3) is 0 Å². The van der Waals surface area contributed by atoms with Crippen molar-refractivity contribution in [2.45, 2.75) is 0 Å². The first kappa shape index (κ1) is 30.4. The molecule has 0 unspecified atom stereocenters. The Balaban J connectivity index is 1.26. The third-order valence-corrected chi connectivity index (χ3v) is 15.8. The van der Waals surface area contributed by atoms with Crippen LogP contribution >= 0.6 is 0 Å².